The van der Waals surface area contributed by atoms with Crippen LogP contribution in [0.25, 0.3) is 0 Å². The molecule has 0 saturated carbocycles. The summed E-state index contributed by atoms with van der Waals surface area (Å²) < 4.78 is 0. The number of carbonyl (C=O) groups is 2. The molecule has 0 unspecified atom stereocenters. The van der Waals surface area contributed by atoms with Gasteiger partial charge in [-0.3, -0.25) is 19.7 Å². The van der Waals surface area contributed by atoms with Crippen LogP contribution < -0.4 is 4.90 Å². The van der Waals surface area contributed by atoms with Crippen LogP contribution in [0.4, 0.5) is 11.4 Å². The zero-order chi connectivity index (χ0) is 20.1. The number of nitrogens with zero attached hydrogens (tertiary/aromatic N) is 3. The molecule has 0 saturated heterocycles. The van der Waals surface area contributed by atoms with E-state index < -0.39 is 10.7 Å². The standard InChI is InChI=1S/C19H16N4O4S/c1-22(17(24)12-28-19-20-9-10-21-19)16-8-7-14(23(26)27)11-15(16)18(25)13-5-3-2-4-6-13/h2-11H,12H2,1H3,(H,20,21). The molecule has 0 fully saturated rings. The third kappa shape index (κ3) is 4.26. The molecule has 0 bridgehead atoms. The van der Waals surface area contributed by atoms with Crippen LogP contribution in [0.3, 0.4) is 0 Å². The predicted molar refractivity (Wildman–Crippen MR) is 106 cm³/mol. The van der Waals surface area contributed by atoms with Gasteiger partial charge in [-0.15, -0.1) is 0 Å². The van der Waals surface area contributed by atoms with Gasteiger partial charge >= 0.3 is 0 Å². The molecule has 0 aliphatic carbocycles. The second kappa shape index (κ2) is 8.49. The highest BCUT2D eigenvalue weighted by Gasteiger charge is 2.23. The summed E-state index contributed by atoms with van der Waals surface area (Å²) in [6.45, 7) is 0. The quantitative estimate of drug-likeness (QED) is 0.284. The number of thioether (sulfide) groups is 1. The van der Waals surface area contributed by atoms with Crippen molar-refractivity contribution in [3.63, 3.8) is 0 Å². The molecule has 1 aromatic heterocycles. The molecule has 0 aliphatic rings. The molecule has 3 rings (SSSR count). The lowest BCUT2D eigenvalue weighted by molar-refractivity contribution is -0.384. The Kier molecular flexibility index (Phi) is 5.85. The maximum atomic E-state index is 12.9. The lowest BCUT2D eigenvalue weighted by Crippen LogP contribution is -2.29. The number of amides is 1. The fraction of sp³-hybridized carbons (Fsp3) is 0.105. The van der Waals surface area contributed by atoms with Crippen molar-refractivity contribution in [1.29, 1.82) is 0 Å². The van der Waals surface area contributed by atoms with Crippen molar-refractivity contribution in [1.82, 2.24) is 9.97 Å². The van der Waals surface area contributed by atoms with Gasteiger partial charge in [-0.25, -0.2) is 4.98 Å². The fourth-order valence-corrected chi connectivity index (χ4v) is 3.29. The topological polar surface area (TPSA) is 109 Å². The monoisotopic (exact) mass is 396 g/mol. The van der Waals surface area contributed by atoms with Crippen molar-refractivity contribution < 1.29 is 14.5 Å². The molecule has 0 atom stereocenters. The Labute approximate surface area is 164 Å². The van der Waals surface area contributed by atoms with Gasteiger partial charge in [-0.05, 0) is 6.07 Å². The number of aromatic nitrogens is 2. The maximum Gasteiger partial charge on any atom is 0.270 e. The molecule has 9 heteroatoms. The largest absolute Gasteiger partial charge is 0.340 e. The Balaban J connectivity index is 1.91. The van der Waals surface area contributed by atoms with E-state index in [-0.39, 0.29) is 22.9 Å². The first-order valence-corrected chi connectivity index (χ1v) is 9.23. The van der Waals surface area contributed by atoms with Gasteiger partial charge in [0.2, 0.25) is 5.91 Å². The second-order valence-corrected chi connectivity index (χ2v) is 6.75. The highest BCUT2D eigenvalue weighted by atomic mass is 32.2. The average molecular weight is 396 g/mol. The third-order valence-electron chi connectivity index (χ3n) is 4.01. The molecule has 1 N–H and O–H groups in total. The molecule has 0 radical (unpaired) electrons. The molecule has 1 heterocycles. The van der Waals surface area contributed by atoms with E-state index in [1.54, 1.807) is 42.7 Å². The number of hydrogen-bond donors (Lipinski definition) is 1. The van der Waals surface area contributed by atoms with E-state index in [9.17, 15) is 19.7 Å². The first-order valence-electron chi connectivity index (χ1n) is 8.24. The van der Waals surface area contributed by atoms with Crippen LogP contribution in [0.2, 0.25) is 0 Å². The first-order chi connectivity index (χ1) is 13.5. The number of imidazole rings is 1. The molecule has 8 nitrogen and oxygen atoms in total. The van der Waals surface area contributed by atoms with Gasteiger partial charge in [0, 0.05) is 37.1 Å². The van der Waals surface area contributed by atoms with Gasteiger partial charge in [0.05, 0.1) is 21.9 Å². The number of H-pyrrole nitrogens is 1. The molecular weight excluding hydrogens is 380 g/mol. The van der Waals surface area contributed by atoms with E-state index >= 15 is 0 Å². The lowest BCUT2D eigenvalue weighted by Gasteiger charge is -2.20. The summed E-state index contributed by atoms with van der Waals surface area (Å²) in [5, 5.41) is 11.8. The van der Waals surface area contributed by atoms with Crippen molar-refractivity contribution in [2.75, 3.05) is 17.7 Å². The summed E-state index contributed by atoms with van der Waals surface area (Å²) in [6.07, 6.45) is 3.24. The van der Waals surface area contributed by atoms with Crippen LogP contribution in [0.1, 0.15) is 15.9 Å². The average Bonchev–Trinajstić information content (AvgIpc) is 3.24. The third-order valence-corrected chi connectivity index (χ3v) is 4.90. The van der Waals surface area contributed by atoms with Gasteiger partial charge in [-0.2, -0.15) is 0 Å². The number of nitro benzene ring substituents is 1. The van der Waals surface area contributed by atoms with Crippen molar-refractivity contribution in [2.45, 2.75) is 5.16 Å². The number of aromatic amines is 1. The molecule has 3 aromatic rings. The highest BCUT2D eigenvalue weighted by Crippen LogP contribution is 2.28. The summed E-state index contributed by atoms with van der Waals surface area (Å²) in [5.74, 6) is -0.560. The minimum absolute atomic E-state index is 0.0965. The van der Waals surface area contributed by atoms with Gasteiger partial charge < -0.3 is 9.88 Å². The number of anilines is 1. The number of nitrogens with one attached hydrogen (secondary N) is 1. The molecule has 142 valence electrons. The van der Waals surface area contributed by atoms with Gasteiger partial charge in [0.15, 0.2) is 10.9 Å². The number of nitro groups is 1. The van der Waals surface area contributed by atoms with Crippen molar-refractivity contribution in [3.05, 3.63) is 82.2 Å². The minimum atomic E-state index is -0.569. The molecule has 1 amide bonds. The minimum Gasteiger partial charge on any atom is -0.340 e. The molecule has 0 spiro atoms. The van der Waals surface area contributed by atoms with Crippen LogP contribution in [0, 0.1) is 10.1 Å². The second-order valence-electron chi connectivity index (χ2n) is 5.79. The summed E-state index contributed by atoms with van der Waals surface area (Å²) >= 11 is 1.23. The summed E-state index contributed by atoms with van der Waals surface area (Å²) in [6, 6.07) is 12.3. The summed E-state index contributed by atoms with van der Waals surface area (Å²) in [5.41, 5.74) is 0.577. The van der Waals surface area contributed by atoms with Crippen molar-refractivity contribution >= 4 is 34.8 Å². The molecule has 2 aromatic carbocycles. The van der Waals surface area contributed by atoms with Crippen LogP contribution >= 0.6 is 11.8 Å². The van der Waals surface area contributed by atoms with E-state index in [0.29, 0.717) is 16.4 Å². The van der Waals surface area contributed by atoms with Crippen LogP contribution in [0.15, 0.2) is 66.1 Å². The number of non-ortho nitro benzene ring substituents is 1. The zero-order valence-corrected chi connectivity index (χ0v) is 15.7. The van der Waals surface area contributed by atoms with Gasteiger partial charge in [0.1, 0.15) is 0 Å². The Morgan fingerprint density at radius 1 is 1.21 bits per heavy atom. The van der Waals surface area contributed by atoms with E-state index in [1.165, 1.54) is 41.9 Å². The highest BCUT2D eigenvalue weighted by molar-refractivity contribution is 7.99. The Hall–Kier alpha value is -3.46. The number of hydrogen-bond acceptors (Lipinski definition) is 6. The zero-order valence-electron chi connectivity index (χ0n) is 14.9. The Morgan fingerprint density at radius 3 is 2.61 bits per heavy atom. The van der Waals surface area contributed by atoms with E-state index in [4.69, 9.17) is 0 Å². The van der Waals surface area contributed by atoms with Crippen LogP contribution in [-0.2, 0) is 4.79 Å². The number of rotatable bonds is 7. The summed E-state index contributed by atoms with van der Waals surface area (Å²) in [7, 11) is 1.54. The Morgan fingerprint density at radius 2 is 1.96 bits per heavy atom. The number of carbonyl (C=O) groups excluding carboxylic acids is 2. The number of ketones is 1. The normalized spacial score (nSPS) is 10.5. The van der Waals surface area contributed by atoms with Crippen molar-refractivity contribution in [2.24, 2.45) is 0 Å². The SMILES string of the molecule is CN(C(=O)CSc1ncc[nH]1)c1ccc([N+](=O)[O-])cc1C(=O)c1ccccc1. The van der Waals surface area contributed by atoms with Gasteiger partial charge in [-0.1, -0.05) is 42.1 Å². The maximum absolute atomic E-state index is 12.9. The molecular formula is C19H16N4O4S. The summed E-state index contributed by atoms with van der Waals surface area (Å²) in [4.78, 5) is 44.4. The van der Waals surface area contributed by atoms with Crippen LogP contribution in [-0.4, -0.2) is 39.4 Å². The van der Waals surface area contributed by atoms with E-state index in [2.05, 4.69) is 9.97 Å². The van der Waals surface area contributed by atoms with Crippen molar-refractivity contribution in [3.8, 4) is 0 Å². The lowest BCUT2D eigenvalue weighted by atomic mass is 10.0. The van der Waals surface area contributed by atoms with E-state index in [1.807, 2.05) is 0 Å². The van der Waals surface area contributed by atoms with Gasteiger partial charge in [0.25, 0.3) is 5.69 Å². The fourth-order valence-electron chi connectivity index (χ4n) is 2.55. The van der Waals surface area contributed by atoms with Crippen LogP contribution in [0.5, 0.6) is 0 Å². The Bertz CT molecular complexity index is 1010. The molecule has 28 heavy (non-hydrogen) atoms. The predicted octanol–water partition coefficient (Wildman–Crippen LogP) is 3.30. The number of benzene rings is 2. The molecule has 0 aliphatic heterocycles. The van der Waals surface area contributed by atoms with E-state index in [0.717, 1.165) is 0 Å². The smallest absolute Gasteiger partial charge is 0.270 e. The first kappa shape index (κ1) is 19.3.